The Morgan fingerprint density at radius 2 is 1.82 bits per heavy atom. The van der Waals surface area contributed by atoms with E-state index < -0.39 is 0 Å². The van der Waals surface area contributed by atoms with Gasteiger partial charge in [0.2, 0.25) is 11.8 Å². The van der Waals surface area contributed by atoms with E-state index in [1.54, 1.807) is 11.0 Å². The SMILES string of the molecule is C=CCN(CC(=O)N1CCCN(c2ccc(-c3ccc(C)cc3)nn2)CC1)C(=O)C1CCC1. The summed E-state index contributed by atoms with van der Waals surface area (Å²) in [5, 5.41) is 8.87. The van der Waals surface area contributed by atoms with Crippen molar-refractivity contribution < 1.29 is 9.59 Å². The molecule has 174 valence electrons. The summed E-state index contributed by atoms with van der Waals surface area (Å²) in [6, 6.07) is 12.3. The predicted molar refractivity (Wildman–Crippen MR) is 130 cm³/mol. The van der Waals surface area contributed by atoms with Gasteiger partial charge in [-0.1, -0.05) is 42.3 Å². The molecule has 2 amide bonds. The minimum absolute atomic E-state index is 0.00665. The number of amides is 2. The first-order valence-electron chi connectivity index (χ1n) is 11.9. The van der Waals surface area contributed by atoms with Crippen molar-refractivity contribution in [2.24, 2.45) is 5.92 Å². The molecule has 4 rings (SSSR count). The summed E-state index contributed by atoms with van der Waals surface area (Å²) in [5.41, 5.74) is 3.11. The Hall–Kier alpha value is -3.22. The van der Waals surface area contributed by atoms with E-state index in [0.717, 1.165) is 49.3 Å². The van der Waals surface area contributed by atoms with E-state index >= 15 is 0 Å². The van der Waals surface area contributed by atoms with Gasteiger partial charge in [-0.05, 0) is 38.3 Å². The van der Waals surface area contributed by atoms with Gasteiger partial charge in [0.25, 0.3) is 0 Å². The highest BCUT2D eigenvalue weighted by Crippen LogP contribution is 2.28. The molecule has 0 N–H and O–H groups in total. The molecular weight excluding hydrogens is 414 g/mol. The van der Waals surface area contributed by atoms with Crippen LogP contribution in [0.4, 0.5) is 5.82 Å². The molecule has 1 aliphatic heterocycles. The highest BCUT2D eigenvalue weighted by molar-refractivity contribution is 5.86. The number of nitrogens with zero attached hydrogens (tertiary/aromatic N) is 5. The summed E-state index contributed by atoms with van der Waals surface area (Å²) in [6.45, 7) is 9.18. The topological polar surface area (TPSA) is 69.6 Å². The first-order chi connectivity index (χ1) is 16.0. The molecule has 2 fully saturated rings. The van der Waals surface area contributed by atoms with Crippen LogP contribution in [0, 0.1) is 12.8 Å². The van der Waals surface area contributed by atoms with E-state index in [2.05, 4.69) is 52.9 Å². The number of rotatable bonds is 7. The van der Waals surface area contributed by atoms with Crippen LogP contribution in [0.15, 0.2) is 49.1 Å². The molecule has 1 aromatic carbocycles. The van der Waals surface area contributed by atoms with Crippen LogP contribution in [0.25, 0.3) is 11.3 Å². The van der Waals surface area contributed by atoms with Crippen LogP contribution >= 0.6 is 0 Å². The second-order valence-corrected chi connectivity index (χ2v) is 9.00. The normalized spacial score (nSPS) is 16.6. The summed E-state index contributed by atoms with van der Waals surface area (Å²) in [4.78, 5) is 31.4. The minimum atomic E-state index is 0.00665. The van der Waals surface area contributed by atoms with Crippen molar-refractivity contribution in [3.8, 4) is 11.3 Å². The Labute approximate surface area is 196 Å². The number of carbonyl (C=O) groups is 2. The smallest absolute Gasteiger partial charge is 0.242 e. The number of aryl methyl sites for hydroxylation is 1. The van der Waals surface area contributed by atoms with Crippen molar-refractivity contribution in [1.82, 2.24) is 20.0 Å². The summed E-state index contributed by atoms with van der Waals surface area (Å²) in [7, 11) is 0. The molecule has 2 heterocycles. The molecule has 7 nitrogen and oxygen atoms in total. The van der Waals surface area contributed by atoms with Gasteiger partial charge in [-0.3, -0.25) is 9.59 Å². The number of anilines is 1. The number of hydrogen-bond acceptors (Lipinski definition) is 5. The minimum Gasteiger partial charge on any atom is -0.353 e. The van der Waals surface area contributed by atoms with Gasteiger partial charge in [-0.2, -0.15) is 0 Å². The van der Waals surface area contributed by atoms with Gasteiger partial charge >= 0.3 is 0 Å². The maximum atomic E-state index is 13.0. The highest BCUT2D eigenvalue weighted by Gasteiger charge is 2.31. The monoisotopic (exact) mass is 447 g/mol. The number of hydrogen-bond donors (Lipinski definition) is 0. The van der Waals surface area contributed by atoms with Crippen molar-refractivity contribution >= 4 is 17.6 Å². The molecule has 0 bridgehead atoms. The Bertz CT molecular complexity index is 969. The molecule has 1 aromatic heterocycles. The lowest BCUT2D eigenvalue weighted by Crippen LogP contribution is -2.46. The predicted octanol–water partition coefficient (Wildman–Crippen LogP) is 3.31. The molecule has 0 spiro atoms. The molecule has 2 aromatic rings. The number of carbonyl (C=O) groups excluding carboxylic acids is 2. The fourth-order valence-electron chi connectivity index (χ4n) is 4.33. The van der Waals surface area contributed by atoms with Crippen LogP contribution in [0.3, 0.4) is 0 Å². The molecule has 1 saturated heterocycles. The van der Waals surface area contributed by atoms with Crippen LogP contribution in [0.2, 0.25) is 0 Å². The van der Waals surface area contributed by atoms with Crippen molar-refractivity contribution in [3.05, 3.63) is 54.6 Å². The third-order valence-corrected chi connectivity index (χ3v) is 6.61. The van der Waals surface area contributed by atoms with Gasteiger partial charge in [0.1, 0.15) is 6.54 Å². The molecule has 7 heteroatoms. The second-order valence-electron chi connectivity index (χ2n) is 9.00. The molecule has 0 unspecified atom stereocenters. The van der Waals surface area contributed by atoms with Crippen LogP contribution in [-0.4, -0.2) is 71.1 Å². The molecule has 0 radical (unpaired) electrons. The Balaban J connectivity index is 1.34. The van der Waals surface area contributed by atoms with Crippen molar-refractivity contribution in [1.29, 1.82) is 0 Å². The summed E-state index contributed by atoms with van der Waals surface area (Å²) < 4.78 is 0. The average Bonchev–Trinajstić information content (AvgIpc) is 3.05. The van der Waals surface area contributed by atoms with Crippen LogP contribution in [0.1, 0.15) is 31.2 Å². The summed E-state index contributed by atoms with van der Waals surface area (Å²) in [6.07, 6.45) is 5.52. The highest BCUT2D eigenvalue weighted by atomic mass is 16.2. The quantitative estimate of drug-likeness (QED) is 0.609. The average molecular weight is 448 g/mol. The van der Waals surface area contributed by atoms with Crippen molar-refractivity contribution in [3.63, 3.8) is 0 Å². The molecular formula is C26H33N5O2. The Kier molecular flexibility index (Phi) is 7.37. The molecule has 33 heavy (non-hydrogen) atoms. The maximum Gasteiger partial charge on any atom is 0.242 e. The van der Waals surface area contributed by atoms with Gasteiger partial charge in [0.15, 0.2) is 5.82 Å². The van der Waals surface area contributed by atoms with Crippen LogP contribution in [0.5, 0.6) is 0 Å². The van der Waals surface area contributed by atoms with Crippen LogP contribution < -0.4 is 4.90 Å². The molecule has 2 aliphatic rings. The largest absolute Gasteiger partial charge is 0.353 e. The van der Waals surface area contributed by atoms with Gasteiger partial charge in [0.05, 0.1) is 5.69 Å². The zero-order valence-corrected chi connectivity index (χ0v) is 19.4. The zero-order chi connectivity index (χ0) is 23.2. The summed E-state index contributed by atoms with van der Waals surface area (Å²) >= 11 is 0. The van der Waals surface area contributed by atoms with Gasteiger partial charge < -0.3 is 14.7 Å². The fourth-order valence-corrected chi connectivity index (χ4v) is 4.33. The van der Waals surface area contributed by atoms with Gasteiger partial charge in [-0.15, -0.1) is 16.8 Å². The Morgan fingerprint density at radius 3 is 2.45 bits per heavy atom. The third kappa shape index (κ3) is 5.59. The summed E-state index contributed by atoms with van der Waals surface area (Å²) in [5.74, 6) is 1.01. The second kappa shape index (κ2) is 10.6. The lowest BCUT2D eigenvalue weighted by atomic mass is 9.84. The Morgan fingerprint density at radius 1 is 1.03 bits per heavy atom. The van der Waals surface area contributed by atoms with Crippen molar-refractivity contribution in [2.75, 3.05) is 44.2 Å². The van der Waals surface area contributed by atoms with E-state index in [1.807, 2.05) is 17.0 Å². The first kappa shape index (κ1) is 23.0. The standard InChI is InChI=1S/C26H33N5O2/c1-3-14-31(26(33)22-6-4-7-22)19-25(32)30-16-5-15-29(17-18-30)24-13-12-23(27-28-24)21-10-8-20(2)9-11-21/h3,8-13,22H,1,4-7,14-19H2,2H3. The fraction of sp³-hybridized carbons (Fsp3) is 0.462. The van der Waals surface area contributed by atoms with E-state index in [-0.39, 0.29) is 24.3 Å². The lowest BCUT2D eigenvalue weighted by Gasteiger charge is -2.32. The number of benzene rings is 1. The third-order valence-electron chi connectivity index (χ3n) is 6.61. The van der Waals surface area contributed by atoms with Gasteiger partial charge in [-0.25, -0.2) is 0 Å². The number of aromatic nitrogens is 2. The van der Waals surface area contributed by atoms with Gasteiger partial charge in [0, 0.05) is 44.2 Å². The zero-order valence-electron chi connectivity index (χ0n) is 19.4. The van der Waals surface area contributed by atoms with Crippen LogP contribution in [-0.2, 0) is 9.59 Å². The van der Waals surface area contributed by atoms with E-state index in [0.29, 0.717) is 26.2 Å². The molecule has 0 atom stereocenters. The van der Waals surface area contributed by atoms with E-state index in [4.69, 9.17) is 0 Å². The molecule has 1 aliphatic carbocycles. The first-order valence-corrected chi connectivity index (χ1v) is 11.9. The lowest BCUT2D eigenvalue weighted by molar-refractivity contribution is -0.144. The van der Waals surface area contributed by atoms with E-state index in [1.165, 1.54) is 5.56 Å². The van der Waals surface area contributed by atoms with Crippen molar-refractivity contribution in [2.45, 2.75) is 32.6 Å². The maximum absolute atomic E-state index is 13.0. The van der Waals surface area contributed by atoms with E-state index in [9.17, 15) is 9.59 Å². The molecule has 1 saturated carbocycles.